The molecule has 21 heavy (non-hydrogen) atoms. The number of fused-ring (bicyclic) bond motifs is 1. The fourth-order valence-electron chi connectivity index (χ4n) is 2.70. The van der Waals surface area contributed by atoms with Crippen LogP contribution in [0.5, 0.6) is 0 Å². The molecule has 1 amide bonds. The van der Waals surface area contributed by atoms with E-state index in [0.717, 1.165) is 29.4 Å². The molecule has 110 valence electrons. The van der Waals surface area contributed by atoms with Crippen LogP contribution in [0.25, 0.3) is 0 Å². The third-order valence-electron chi connectivity index (χ3n) is 3.82. The lowest BCUT2D eigenvalue weighted by Crippen LogP contribution is -2.38. The highest BCUT2D eigenvalue weighted by molar-refractivity contribution is 7.09. The molecule has 0 radical (unpaired) electrons. The minimum absolute atomic E-state index is 0.103. The van der Waals surface area contributed by atoms with Gasteiger partial charge in [-0.05, 0) is 18.6 Å². The maximum Gasteiger partial charge on any atom is 0.228 e. The zero-order valence-corrected chi connectivity index (χ0v) is 13.1. The van der Waals surface area contributed by atoms with Crippen LogP contribution in [-0.4, -0.2) is 24.5 Å². The van der Waals surface area contributed by atoms with Crippen molar-refractivity contribution >= 4 is 22.9 Å². The number of benzene rings is 1. The summed E-state index contributed by atoms with van der Waals surface area (Å²) < 4.78 is 0. The molecule has 0 saturated heterocycles. The highest BCUT2D eigenvalue weighted by atomic mass is 32.1. The summed E-state index contributed by atoms with van der Waals surface area (Å²) in [7, 11) is 1.84. The first kappa shape index (κ1) is 14.2. The van der Waals surface area contributed by atoms with E-state index in [1.807, 2.05) is 32.2 Å². The Labute approximate surface area is 128 Å². The summed E-state index contributed by atoms with van der Waals surface area (Å²) in [5, 5.41) is 6.72. The fraction of sp³-hybridized carbons (Fsp3) is 0.375. The first-order chi connectivity index (χ1) is 10.1. The van der Waals surface area contributed by atoms with E-state index < -0.39 is 0 Å². The molecule has 1 unspecified atom stereocenters. The average Bonchev–Trinajstić information content (AvgIpc) is 2.90. The number of hydrogen-bond donors (Lipinski definition) is 1. The predicted octanol–water partition coefficient (Wildman–Crippen LogP) is 2.69. The lowest BCUT2D eigenvalue weighted by Gasteiger charge is -2.32. The van der Waals surface area contributed by atoms with Gasteiger partial charge in [0.25, 0.3) is 0 Å². The molecule has 0 spiro atoms. The number of anilines is 1. The molecule has 5 heteroatoms. The van der Waals surface area contributed by atoms with Crippen LogP contribution in [0, 0.1) is 6.92 Å². The number of nitrogens with zero attached hydrogens (tertiary/aromatic N) is 2. The number of carbonyl (C=O) groups is 1. The number of amides is 1. The van der Waals surface area contributed by atoms with E-state index in [2.05, 4.69) is 21.7 Å². The summed E-state index contributed by atoms with van der Waals surface area (Å²) in [5.41, 5.74) is 3.29. The van der Waals surface area contributed by atoms with Gasteiger partial charge in [-0.3, -0.25) is 4.79 Å². The zero-order chi connectivity index (χ0) is 14.8. The Hall–Kier alpha value is -1.72. The molecule has 2 aromatic rings. The number of aromatic nitrogens is 1. The highest BCUT2D eigenvalue weighted by Crippen LogP contribution is 2.33. The number of aryl methyl sites for hydroxylation is 1. The largest absolute Gasteiger partial charge is 0.315 e. The van der Waals surface area contributed by atoms with Crippen molar-refractivity contribution in [2.24, 2.45) is 0 Å². The Morgan fingerprint density at radius 2 is 2.24 bits per heavy atom. The summed E-state index contributed by atoms with van der Waals surface area (Å²) in [4.78, 5) is 18.3. The zero-order valence-electron chi connectivity index (χ0n) is 12.3. The minimum atomic E-state index is 0.103. The Balaban J connectivity index is 1.68. The maximum absolute atomic E-state index is 12.1. The summed E-state index contributed by atoms with van der Waals surface area (Å²) in [6, 6.07) is 8.21. The molecule has 0 aliphatic carbocycles. The standard InChI is InChI=1S/C16H19N3OS/c1-11-10-21-15(18-11)7-8-17-13-9-16(20)19(2)14-6-4-3-5-12(13)14/h3-6,10,13,17H,7-9H2,1-2H3. The quantitative estimate of drug-likeness (QED) is 0.944. The Bertz CT molecular complexity index is 652. The lowest BCUT2D eigenvalue weighted by atomic mass is 9.96. The summed E-state index contributed by atoms with van der Waals surface area (Å²) in [6.07, 6.45) is 1.42. The molecule has 3 rings (SSSR count). The van der Waals surface area contributed by atoms with Crippen LogP contribution >= 0.6 is 11.3 Å². The molecule has 2 heterocycles. The smallest absolute Gasteiger partial charge is 0.228 e. The lowest BCUT2D eigenvalue weighted by molar-refractivity contribution is -0.119. The van der Waals surface area contributed by atoms with Crippen LogP contribution < -0.4 is 10.2 Å². The van der Waals surface area contributed by atoms with Gasteiger partial charge in [-0.25, -0.2) is 4.98 Å². The van der Waals surface area contributed by atoms with Crippen LogP contribution in [0.15, 0.2) is 29.6 Å². The molecule has 1 atom stereocenters. The van der Waals surface area contributed by atoms with Gasteiger partial charge in [0.05, 0.1) is 5.01 Å². The van der Waals surface area contributed by atoms with E-state index in [1.165, 1.54) is 5.56 Å². The number of thiazole rings is 1. The third kappa shape index (κ3) is 2.99. The van der Waals surface area contributed by atoms with Crippen molar-refractivity contribution in [3.8, 4) is 0 Å². The van der Waals surface area contributed by atoms with Crippen molar-refractivity contribution in [2.45, 2.75) is 25.8 Å². The van der Waals surface area contributed by atoms with E-state index in [-0.39, 0.29) is 11.9 Å². The maximum atomic E-state index is 12.1. The number of rotatable bonds is 4. The SMILES string of the molecule is Cc1csc(CCNC2CC(=O)N(C)c3ccccc32)n1. The molecule has 1 aliphatic heterocycles. The van der Waals surface area contributed by atoms with Crippen LogP contribution in [0.3, 0.4) is 0 Å². The summed E-state index contributed by atoms with van der Waals surface area (Å²) in [6.45, 7) is 2.85. The Morgan fingerprint density at radius 1 is 1.43 bits per heavy atom. The first-order valence-electron chi connectivity index (χ1n) is 7.15. The number of hydrogen-bond acceptors (Lipinski definition) is 4. The minimum Gasteiger partial charge on any atom is -0.315 e. The van der Waals surface area contributed by atoms with E-state index in [9.17, 15) is 4.79 Å². The molecular weight excluding hydrogens is 282 g/mol. The van der Waals surface area contributed by atoms with Gasteiger partial charge < -0.3 is 10.2 Å². The molecule has 1 aromatic carbocycles. The van der Waals surface area contributed by atoms with Crippen LogP contribution in [0.4, 0.5) is 5.69 Å². The monoisotopic (exact) mass is 301 g/mol. The van der Waals surface area contributed by atoms with Crippen molar-refractivity contribution in [2.75, 3.05) is 18.5 Å². The van der Waals surface area contributed by atoms with Gasteiger partial charge in [0.15, 0.2) is 0 Å². The predicted molar refractivity (Wildman–Crippen MR) is 85.8 cm³/mol. The summed E-state index contributed by atoms with van der Waals surface area (Å²) >= 11 is 1.70. The number of para-hydroxylation sites is 1. The van der Waals surface area contributed by atoms with Crippen molar-refractivity contribution in [1.82, 2.24) is 10.3 Å². The molecule has 0 saturated carbocycles. The van der Waals surface area contributed by atoms with Crippen LogP contribution in [-0.2, 0) is 11.2 Å². The van der Waals surface area contributed by atoms with Crippen molar-refractivity contribution in [1.29, 1.82) is 0 Å². The van der Waals surface area contributed by atoms with Gasteiger partial charge in [-0.1, -0.05) is 18.2 Å². The summed E-state index contributed by atoms with van der Waals surface area (Å²) in [5.74, 6) is 0.163. The van der Waals surface area contributed by atoms with Gasteiger partial charge in [0.1, 0.15) is 0 Å². The topological polar surface area (TPSA) is 45.2 Å². The normalized spacial score (nSPS) is 17.9. The van der Waals surface area contributed by atoms with Gasteiger partial charge in [-0.15, -0.1) is 11.3 Å². The highest BCUT2D eigenvalue weighted by Gasteiger charge is 2.28. The Kier molecular flexibility index (Phi) is 4.03. The van der Waals surface area contributed by atoms with Crippen molar-refractivity contribution < 1.29 is 4.79 Å². The van der Waals surface area contributed by atoms with E-state index in [0.29, 0.717) is 6.42 Å². The Morgan fingerprint density at radius 3 is 3.00 bits per heavy atom. The van der Waals surface area contributed by atoms with E-state index in [1.54, 1.807) is 16.2 Å². The van der Waals surface area contributed by atoms with E-state index >= 15 is 0 Å². The first-order valence-corrected chi connectivity index (χ1v) is 8.03. The van der Waals surface area contributed by atoms with Gasteiger partial charge in [0, 0.05) is 49.2 Å². The number of carbonyl (C=O) groups excluding carboxylic acids is 1. The second kappa shape index (κ2) is 5.95. The van der Waals surface area contributed by atoms with Crippen LogP contribution in [0.1, 0.15) is 28.7 Å². The van der Waals surface area contributed by atoms with Crippen LogP contribution in [0.2, 0.25) is 0 Å². The molecule has 0 bridgehead atoms. The van der Waals surface area contributed by atoms with E-state index in [4.69, 9.17) is 0 Å². The fourth-order valence-corrected chi connectivity index (χ4v) is 3.47. The van der Waals surface area contributed by atoms with Gasteiger partial charge >= 0.3 is 0 Å². The second-order valence-corrected chi connectivity index (χ2v) is 6.30. The average molecular weight is 301 g/mol. The molecule has 1 aliphatic rings. The van der Waals surface area contributed by atoms with Gasteiger partial charge in [-0.2, -0.15) is 0 Å². The molecule has 1 N–H and O–H groups in total. The molecule has 1 aromatic heterocycles. The second-order valence-electron chi connectivity index (χ2n) is 5.36. The van der Waals surface area contributed by atoms with Gasteiger partial charge in [0.2, 0.25) is 5.91 Å². The molecular formula is C16H19N3OS. The van der Waals surface area contributed by atoms with Crippen molar-refractivity contribution in [3.63, 3.8) is 0 Å². The molecule has 0 fully saturated rings. The van der Waals surface area contributed by atoms with Crippen molar-refractivity contribution in [3.05, 3.63) is 45.9 Å². The number of nitrogens with one attached hydrogen (secondary N) is 1. The molecule has 4 nitrogen and oxygen atoms in total. The third-order valence-corrected chi connectivity index (χ3v) is 4.85.